The SMILES string of the molecule is NC(=O)CN1CCC(c2ccc(Nc3ncc4ccc(Br)n4n3)cc2)CC1. The second-order valence-electron chi connectivity index (χ2n) is 6.84. The van der Waals surface area contributed by atoms with Crippen LogP contribution in [0.25, 0.3) is 5.52 Å². The molecular weight excluding hydrogens is 408 g/mol. The molecule has 1 aliphatic rings. The Balaban J connectivity index is 1.40. The van der Waals surface area contributed by atoms with E-state index in [0.29, 0.717) is 18.4 Å². The molecule has 2 aromatic heterocycles. The second-order valence-corrected chi connectivity index (χ2v) is 7.65. The fourth-order valence-corrected chi connectivity index (χ4v) is 3.96. The third-order valence-corrected chi connectivity index (χ3v) is 5.56. The number of nitrogens with one attached hydrogen (secondary N) is 1. The number of hydrogen-bond donors (Lipinski definition) is 2. The summed E-state index contributed by atoms with van der Waals surface area (Å²) in [6.45, 7) is 2.18. The third kappa shape index (κ3) is 4.12. The first kappa shape index (κ1) is 17.9. The topological polar surface area (TPSA) is 88.5 Å². The molecule has 1 amide bonds. The summed E-state index contributed by atoms with van der Waals surface area (Å²) in [5.74, 6) is 0.815. The summed E-state index contributed by atoms with van der Waals surface area (Å²) in [4.78, 5) is 17.5. The van der Waals surface area contributed by atoms with Gasteiger partial charge < -0.3 is 11.1 Å². The number of hydrogen-bond acceptors (Lipinski definition) is 5. The first-order valence-electron chi connectivity index (χ1n) is 8.96. The number of aromatic nitrogens is 3. The van der Waals surface area contributed by atoms with Gasteiger partial charge in [0.15, 0.2) is 0 Å². The maximum atomic E-state index is 11.0. The molecule has 1 aromatic carbocycles. The van der Waals surface area contributed by atoms with Crippen LogP contribution in [0.15, 0.2) is 47.2 Å². The zero-order valence-corrected chi connectivity index (χ0v) is 16.4. The number of nitrogens with two attached hydrogens (primary N) is 1. The van der Waals surface area contributed by atoms with Gasteiger partial charge in [0.1, 0.15) is 4.60 Å². The number of carbonyl (C=O) groups excluding carboxylic acids is 1. The van der Waals surface area contributed by atoms with Crippen LogP contribution in [-0.2, 0) is 4.79 Å². The van der Waals surface area contributed by atoms with Gasteiger partial charge >= 0.3 is 0 Å². The Morgan fingerprint density at radius 2 is 1.93 bits per heavy atom. The van der Waals surface area contributed by atoms with E-state index in [-0.39, 0.29) is 5.91 Å². The first-order valence-corrected chi connectivity index (χ1v) is 9.76. The van der Waals surface area contributed by atoms with Crippen LogP contribution in [0.1, 0.15) is 24.3 Å². The smallest absolute Gasteiger partial charge is 0.245 e. The summed E-state index contributed by atoms with van der Waals surface area (Å²) in [5, 5.41) is 7.73. The molecule has 0 saturated carbocycles. The average molecular weight is 429 g/mol. The summed E-state index contributed by atoms with van der Waals surface area (Å²) in [6, 6.07) is 12.3. The maximum absolute atomic E-state index is 11.0. The quantitative estimate of drug-likeness (QED) is 0.651. The van der Waals surface area contributed by atoms with E-state index in [9.17, 15) is 4.79 Å². The molecule has 27 heavy (non-hydrogen) atoms. The highest BCUT2D eigenvalue weighted by atomic mass is 79.9. The zero-order valence-electron chi connectivity index (χ0n) is 14.8. The molecule has 3 aromatic rings. The van der Waals surface area contributed by atoms with E-state index < -0.39 is 0 Å². The van der Waals surface area contributed by atoms with Crippen molar-refractivity contribution in [2.24, 2.45) is 5.73 Å². The van der Waals surface area contributed by atoms with Crippen LogP contribution < -0.4 is 11.1 Å². The van der Waals surface area contributed by atoms with Crippen molar-refractivity contribution >= 4 is 39.0 Å². The van der Waals surface area contributed by atoms with Gasteiger partial charge in [0.2, 0.25) is 11.9 Å². The summed E-state index contributed by atoms with van der Waals surface area (Å²) in [7, 11) is 0. The molecule has 0 unspecified atom stereocenters. The minimum absolute atomic E-state index is 0.253. The average Bonchev–Trinajstić information content (AvgIpc) is 3.03. The number of benzene rings is 1. The molecule has 0 bridgehead atoms. The van der Waals surface area contributed by atoms with Crippen molar-refractivity contribution in [1.29, 1.82) is 0 Å². The van der Waals surface area contributed by atoms with Gasteiger partial charge in [0, 0.05) is 5.69 Å². The van der Waals surface area contributed by atoms with Gasteiger partial charge in [-0.1, -0.05) is 12.1 Å². The molecular formula is C19H21BrN6O. The number of nitrogens with zero attached hydrogens (tertiary/aromatic N) is 4. The number of primary amides is 1. The normalized spacial score (nSPS) is 15.9. The Labute approximate surface area is 165 Å². The molecule has 140 valence electrons. The van der Waals surface area contributed by atoms with Crippen LogP contribution >= 0.6 is 15.9 Å². The highest BCUT2D eigenvalue weighted by molar-refractivity contribution is 9.10. The standard InChI is InChI=1S/C19H21BrN6O/c20-17-6-5-16-11-22-19(24-26(16)17)23-15-3-1-13(2-4-15)14-7-9-25(10-8-14)12-18(21)27/h1-6,11,14H,7-10,12H2,(H2,21,27)(H,23,24). The van der Waals surface area contributed by atoms with Gasteiger partial charge in [-0.2, -0.15) is 0 Å². The predicted molar refractivity (Wildman–Crippen MR) is 108 cm³/mol. The van der Waals surface area contributed by atoms with Crippen molar-refractivity contribution in [3.05, 3.63) is 52.8 Å². The number of halogens is 1. The molecule has 0 radical (unpaired) electrons. The minimum Gasteiger partial charge on any atom is -0.369 e. The van der Waals surface area contributed by atoms with Crippen LogP contribution in [0.5, 0.6) is 0 Å². The molecule has 7 nitrogen and oxygen atoms in total. The number of fused-ring (bicyclic) bond motifs is 1. The fourth-order valence-electron chi connectivity index (χ4n) is 3.54. The monoisotopic (exact) mass is 428 g/mol. The molecule has 1 fully saturated rings. The molecule has 3 heterocycles. The van der Waals surface area contributed by atoms with Gasteiger partial charge in [0.25, 0.3) is 0 Å². The molecule has 8 heteroatoms. The zero-order chi connectivity index (χ0) is 18.8. The van der Waals surface area contributed by atoms with Crippen molar-refractivity contribution in [3.8, 4) is 0 Å². The Morgan fingerprint density at radius 1 is 1.19 bits per heavy atom. The maximum Gasteiger partial charge on any atom is 0.245 e. The number of carbonyl (C=O) groups is 1. The third-order valence-electron chi connectivity index (χ3n) is 4.96. The van der Waals surface area contributed by atoms with Crippen molar-refractivity contribution in [2.45, 2.75) is 18.8 Å². The van der Waals surface area contributed by atoms with E-state index in [4.69, 9.17) is 5.73 Å². The van der Waals surface area contributed by atoms with E-state index >= 15 is 0 Å². The summed E-state index contributed by atoms with van der Waals surface area (Å²) >= 11 is 3.47. The van der Waals surface area contributed by atoms with Gasteiger partial charge in [0.05, 0.1) is 18.3 Å². The molecule has 0 atom stereocenters. The Morgan fingerprint density at radius 3 is 2.63 bits per heavy atom. The summed E-state index contributed by atoms with van der Waals surface area (Å²) < 4.78 is 2.68. The lowest BCUT2D eigenvalue weighted by Crippen LogP contribution is -2.39. The lowest BCUT2D eigenvalue weighted by atomic mass is 9.89. The van der Waals surface area contributed by atoms with E-state index in [1.54, 1.807) is 10.7 Å². The van der Waals surface area contributed by atoms with Crippen molar-refractivity contribution in [1.82, 2.24) is 19.5 Å². The van der Waals surface area contributed by atoms with Gasteiger partial charge in [-0.05, 0) is 77.6 Å². The van der Waals surface area contributed by atoms with Crippen molar-refractivity contribution in [2.75, 3.05) is 25.0 Å². The van der Waals surface area contributed by atoms with Gasteiger partial charge in [-0.15, -0.1) is 5.10 Å². The summed E-state index contributed by atoms with van der Waals surface area (Å²) in [5.41, 5.74) is 8.49. The lowest BCUT2D eigenvalue weighted by molar-refractivity contribution is -0.119. The largest absolute Gasteiger partial charge is 0.369 e. The van der Waals surface area contributed by atoms with Crippen LogP contribution in [-0.4, -0.2) is 45.0 Å². The molecule has 1 aliphatic heterocycles. The Kier molecular flexibility index (Phi) is 5.09. The minimum atomic E-state index is -0.253. The van der Waals surface area contributed by atoms with Crippen LogP contribution in [0, 0.1) is 0 Å². The van der Waals surface area contributed by atoms with E-state index in [0.717, 1.165) is 41.7 Å². The van der Waals surface area contributed by atoms with Gasteiger partial charge in [-0.3, -0.25) is 9.69 Å². The van der Waals surface area contributed by atoms with Crippen LogP contribution in [0.4, 0.5) is 11.6 Å². The predicted octanol–water partition coefficient (Wildman–Crippen LogP) is 2.90. The summed E-state index contributed by atoms with van der Waals surface area (Å²) in [6.07, 6.45) is 3.87. The number of rotatable bonds is 5. The second kappa shape index (κ2) is 7.66. The highest BCUT2D eigenvalue weighted by Gasteiger charge is 2.21. The molecule has 0 aliphatic carbocycles. The number of amides is 1. The lowest BCUT2D eigenvalue weighted by Gasteiger charge is -2.31. The molecule has 4 rings (SSSR count). The fraction of sp³-hybridized carbons (Fsp3) is 0.316. The van der Waals surface area contributed by atoms with Crippen LogP contribution in [0.2, 0.25) is 0 Å². The van der Waals surface area contributed by atoms with E-state index in [1.807, 2.05) is 12.1 Å². The highest BCUT2D eigenvalue weighted by Crippen LogP contribution is 2.29. The number of likely N-dealkylation sites (tertiary alicyclic amines) is 1. The van der Waals surface area contributed by atoms with Crippen molar-refractivity contribution < 1.29 is 4.79 Å². The van der Waals surface area contributed by atoms with E-state index in [1.165, 1.54) is 5.56 Å². The number of anilines is 2. The Hall–Kier alpha value is -2.45. The van der Waals surface area contributed by atoms with Crippen molar-refractivity contribution in [3.63, 3.8) is 0 Å². The van der Waals surface area contributed by atoms with Crippen LogP contribution in [0.3, 0.4) is 0 Å². The molecule has 0 spiro atoms. The molecule has 3 N–H and O–H groups in total. The Bertz CT molecular complexity index is 946. The first-order chi connectivity index (χ1) is 13.1. The van der Waals surface area contributed by atoms with Gasteiger partial charge in [-0.25, -0.2) is 9.50 Å². The van der Waals surface area contributed by atoms with E-state index in [2.05, 4.69) is 60.5 Å². The number of piperidine rings is 1. The molecule has 1 saturated heterocycles.